The molecule has 0 bridgehead atoms. The van der Waals surface area contributed by atoms with Gasteiger partial charge in [0.1, 0.15) is 5.54 Å². The fraction of sp³-hybridized carbons (Fsp3) is 0.800. The van der Waals surface area contributed by atoms with E-state index in [0.29, 0.717) is 38.5 Å². The van der Waals surface area contributed by atoms with Crippen molar-refractivity contribution in [1.82, 2.24) is 21.1 Å². The summed E-state index contributed by atoms with van der Waals surface area (Å²) in [7, 11) is 0. The van der Waals surface area contributed by atoms with Crippen molar-refractivity contribution in [3.05, 3.63) is 0 Å². The minimum Gasteiger partial charge on any atom is -0.382 e. The summed E-state index contributed by atoms with van der Waals surface area (Å²) in [6, 6.07) is -0.428. The third kappa shape index (κ3) is 4.32. The van der Waals surface area contributed by atoms with Gasteiger partial charge in [-0.1, -0.05) is 6.92 Å². The standard InChI is InChI=1S/C15H26N4O3S/c1-3-22-10-4-9-16-13(23)18-19-12(20)15(17-14(19)21)7-5-11(2)6-8-15/h11H,3-10H2,1-2H3,(H,17,21)(H2,16,18,23). The summed E-state index contributed by atoms with van der Waals surface area (Å²) in [4.78, 5) is 24.7. The van der Waals surface area contributed by atoms with Gasteiger partial charge in [0.25, 0.3) is 5.91 Å². The van der Waals surface area contributed by atoms with Crippen LogP contribution in [0.1, 0.15) is 46.0 Å². The number of hydrazine groups is 1. The largest absolute Gasteiger partial charge is 0.382 e. The van der Waals surface area contributed by atoms with Crippen LogP contribution >= 0.6 is 12.2 Å². The second-order valence-electron chi connectivity index (χ2n) is 6.25. The Morgan fingerprint density at radius 3 is 2.78 bits per heavy atom. The first kappa shape index (κ1) is 17.9. The highest BCUT2D eigenvalue weighted by Gasteiger charge is 2.52. The van der Waals surface area contributed by atoms with Gasteiger partial charge in [-0.2, -0.15) is 5.01 Å². The smallest absolute Gasteiger partial charge is 0.344 e. The molecule has 1 aliphatic heterocycles. The van der Waals surface area contributed by atoms with Crippen LogP contribution < -0.4 is 16.1 Å². The third-order valence-electron chi connectivity index (χ3n) is 4.46. The van der Waals surface area contributed by atoms with Crippen molar-refractivity contribution < 1.29 is 14.3 Å². The molecule has 1 spiro atoms. The molecule has 2 rings (SSSR count). The number of imide groups is 1. The quantitative estimate of drug-likeness (QED) is 0.383. The van der Waals surface area contributed by atoms with E-state index in [-0.39, 0.29) is 11.0 Å². The average Bonchev–Trinajstić information content (AvgIpc) is 2.75. The maximum atomic E-state index is 12.6. The van der Waals surface area contributed by atoms with Gasteiger partial charge >= 0.3 is 6.03 Å². The summed E-state index contributed by atoms with van der Waals surface area (Å²) in [5, 5.41) is 7.10. The molecular formula is C15H26N4O3S. The predicted octanol–water partition coefficient (Wildman–Crippen LogP) is 1.29. The third-order valence-corrected chi connectivity index (χ3v) is 4.69. The Labute approximate surface area is 142 Å². The molecule has 1 saturated carbocycles. The number of urea groups is 1. The van der Waals surface area contributed by atoms with Crippen LogP contribution in [-0.4, -0.2) is 47.4 Å². The van der Waals surface area contributed by atoms with Crippen molar-refractivity contribution in [2.45, 2.75) is 51.5 Å². The van der Waals surface area contributed by atoms with Gasteiger partial charge in [0, 0.05) is 19.8 Å². The van der Waals surface area contributed by atoms with E-state index >= 15 is 0 Å². The van der Waals surface area contributed by atoms with Gasteiger partial charge in [-0.3, -0.25) is 10.2 Å². The molecule has 0 aromatic heterocycles. The van der Waals surface area contributed by atoms with Crippen molar-refractivity contribution in [3.8, 4) is 0 Å². The summed E-state index contributed by atoms with van der Waals surface area (Å²) in [6.07, 6.45) is 4.06. The number of hydrogen-bond donors (Lipinski definition) is 3. The Morgan fingerprint density at radius 1 is 1.43 bits per heavy atom. The fourth-order valence-corrected chi connectivity index (χ4v) is 3.17. The molecule has 8 heteroatoms. The van der Waals surface area contributed by atoms with Crippen molar-refractivity contribution in [2.75, 3.05) is 19.8 Å². The molecule has 0 atom stereocenters. The maximum Gasteiger partial charge on any atom is 0.344 e. The first-order valence-corrected chi connectivity index (χ1v) is 8.68. The van der Waals surface area contributed by atoms with E-state index in [1.54, 1.807) is 0 Å². The van der Waals surface area contributed by atoms with Gasteiger partial charge in [0.05, 0.1) is 0 Å². The highest BCUT2D eigenvalue weighted by Crippen LogP contribution is 2.35. The zero-order chi connectivity index (χ0) is 16.9. The van der Waals surface area contributed by atoms with Crippen LogP contribution in [0.5, 0.6) is 0 Å². The van der Waals surface area contributed by atoms with Crippen molar-refractivity contribution in [1.29, 1.82) is 0 Å². The van der Waals surface area contributed by atoms with Crippen molar-refractivity contribution in [2.24, 2.45) is 5.92 Å². The first-order valence-electron chi connectivity index (χ1n) is 8.27. The van der Waals surface area contributed by atoms with E-state index in [0.717, 1.165) is 24.3 Å². The normalized spacial score (nSPS) is 27.2. The van der Waals surface area contributed by atoms with Gasteiger partial charge in [-0.25, -0.2) is 4.79 Å². The Kier molecular flexibility index (Phi) is 6.17. The van der Waals surface area contributed by atoms with Crippen LogP contribution in [0.15, 0.2) is 0 Å². The van der Waals surface area contributed by atoms with Gasteiger partial charge in [0.15, 0.2) is 5.11 Å². The number of nitrogens with one attached hydrogen (secondary N) is 3. The lowest BCUT2D eigenvalue weighted by Crippen LogP contribution is -2.53. The van der Waals surface area contributed by atoms with E-state index in [2.05, 4.69) is 23.0 Å². The lowest BCUT2D eigenvalue weighted by molar-refractivity contribution is -0.133. The molecule has 1 heterocycles. The van der Waals surface area contributed by atoms with E-state index in [4.69, 9.17) is 17.0 Å². The number of carbonyl (C=O) groups excluding carboxylic acids is 2. The summed E-state index contributed by atoms with van der Waals surface area (Å²) in [6.45, 7) is 6.07. The van der Waals surface area contributed by atoms with Gasteiger partial charge in [-0.15, -0.1) is 0 Å². The van der Waals surface area contributed by atoms with Crippen LogP contribution in [0.3, 0.4) is 0 Å². The number of rotatable bonds is 6. The summed E-state index contributed by atoms with van der Waals surface area (Å²) >= 11 is 5.15. The molecule has 130 valence electrons. The topological polar surface area (TPSA) is 82.7 Å². The molecule has 0 unspecified atom stereocenters. The number of nitrogens with zero attached hydrogens (tertiary/aromatic N) is 1. The molecule has 2 aliphatic rings. The molecule has 3 N–H and O–H groups in total. The second kappa shape index (κ2) is 7.92. The molecule has 2 fully saturated rings. The number of hydrogen-bond acceptors (Lipinski definition) is 4. The Balaban J connectivity index is 1.82. The molecule has 1 aliphatic carbocycles. The van der Waals surface area contributed by atoms with Gasteiger partial charge in [0.2, 0.25) is 0 Å². The molecule has 7 nitrogen and oxygen atoms in total. The van der Waals surface area contributed by atoms with E-state index < -0.39 is 11.6 Å². The van der Waals surface area contributed by atoms with E-state index in [1.165, 1.54) is 0 Å². The Morgan fingerprint density at radius 2 is 2.13 bits per heavy atom. The lowest BCUT2D eigenvalue weighted by atomic mass is 9.77. The summed E-state index contributed by atoms with van der Waals surface area (Å²) < 4.78 is 5.23. The number of thiocarbonyl (C=S) groups is 1. The van der Waals surface area contributed by atoms with Crippen LogP contribution in [0, 0.1) is 5.92 Å². The molecule has 0 radical (unpaired) electrons. The zero-order valence-corrected chi connectivity index (χ0v) is 14.6. The van der Waals surface area contributed by atoms with E-state index in [1.807, 2.05) is 6.92 Å². The minimum absolute atomic E-state index is 0.229. The highest BCUT2D eigenvalue weighted by molar-refractivity contribution is 7.80. The average molecular weight is 342 g/mol. The predicted molar refractivity (Wildman–Crippen MR) is 90.6 cm³/mol. The lowest BCUT2D eigenvalue weighted by Gasteiger charge is -2.33. The van der Waals surface area contributed by atoms with E-state index in [9.17, 15) is 9.59 Å². The minimum atomic E-state index is -0.749. The van der Waals surface area contributed by atoms with Gasteiger partial charge < -0.3 is 15.4 Å². The van der Waals surface area contributed by atoms with Crippen LogP contribution in [0.2, 0.25) is 0 Å². The Hall–Kier alpha value is -1.41. The van der Waals surface area contributed by atoms with Crippen LogP contribution in [0.4, 0.5) is 4.79 Å². The van der Waals surface area contributed by atoms with Crippen molar-refractivity contribution in [3.63, 3.8) is 0 Å². The first-order chi connectivity index (χ1) is 11.0. The summed E-state index contributed by atoms with van der Waals surface area (Å²) in [5.41, 5.74) is 1.95. The number of carbonyl (C=O) groups is 2. The molecule has 0 aromatic carbocycles. The number of ether oxygens (including phenoxy) is 1. The van der Waals surface area contributed by atoms with Crippen LogP contribution in [-0.2, 0) is 9.53 Å². The SMILES string of the molecule is CCOCCCNC(=S)NN1C(=O)NC2(CCC(C)CC2)C1=O. The fourth-order valence-electron chi connectivity index (χ4n) is 2.98. The zero-order valence-electron chi connectivity index (χ0n) is 13.8. The molecule has 0 aromatic rings. The molecule has 1 saturated heterocycles. The second-order valence-corrected chi connectivity index (χ2v) is 6.66. The van der Waals surface area contributed by atoms with Crippen molar-refractivity contribution >= 4 is 29.3 Å². The maximum absolute atomic E-state index is 12.6. The molecule has 3 amide bonds. The van der Waals surface area contributed by atoms with Crippen LogP contribution in [0.25, 0.3) is 0 Å². The summed E-state index contributed by atoms with van der Waals surface area (Å²) in [5.74, 6) is 0.369. The Bertz CT molecular complexity index is 464. The monoisotopic (exact) mass is 342 g/mol. The van der Waals surface area contributed by atoms with Gasteiger partial charge in [-0.05, 0) is 57.2 Å². The molecular weight excluding hydrogens is 316 g/mol. The highest BCUT2D eigenvalue weighted by atomic mass is 32.1. The number of amides is 3. The molecule has 23 heavy (non-hydrogen) atoms.